The minimum Gasteiger partial charge on any atom is -0.493 e. The van der Waals surface area contributed by atoms with Crippen LogP contribution in [-0.4, -0.2) is 29.0 Å². The number of aliphatic hydroxyl groups is 1. The molecule has 1 unspecified atom stereocenters. The van der Waals surface area contributed by atoms with Gasteiger partial charge in [-0.3, -0.25) is 14.9 Å². The second kappa shape index (κ2) is 8.85. The van der Waals surface area contributed by atoms with E-state index in [-0.39, 0.29) is 24.0 Å². The number of benzene rings is 1. The number of ketones is 1. The van der Waals surface area contributed by atoms with E-state index in [2.05, 4.69) is 15.9 Å². The van der Waals surface area contributed by atoms with Gasteiger partial charge < -0.3 is 9.84 Å². The van der Waals surface area contributed by atoms with Gasteiger partial charge in [-0.2, -0.15) is 0 Å². The minimum absolute atomic E-state index is 0.0108. The second-order valence-electron chi connectivity index (χ2n) is 5.14. The maximum Gasteiger partial charge on any atom is 0.287 e. The third-order valence-corrected chi connectivity index (χ3v) is 4.08. The highest BCUT2D eigenvalue weighted by Gasteiger charge is 2.16. The molecule has 0 bridgehead atoms. The normalized spacial score (nSPS) is 12.0. The molecule has 0 aliphatic rings. The Morgan fingerprint density at radius 2 is 2.14 bits per heavy atom. The fourth-order valence-corrected chi connectivity index (χ4v) is 2.76. The van der Waals surface area contributed by atoms with E-state index >= 15 is 0 Å². The first kappa shape index (κ1) is 18.6. The van der Waals surface area contributed by atoms with Crippen molar-refractivity contribution in [3.8, 4) is 5.75 Å². The molecule has 6 nitrogen and oxygen atoms in total. The van der Waals surface area contributed by atoms with Gasteiger partial charge in [-0.1, -0.05) is 0 Å². The predicted molar refractivity (Wildman–Crippen MR) is 86.1 cm³/mol. The van der Waals surface area contributed by atoms with Gasteiger partial charge in [0, 0.05) is 12.5 Å². The standard InChI is InChI=1S/C15H20BrNO5/c1-10-8-13(16)14(17(20)21)9-15(10)22-7-3-4-12(5-6-18)11(2)19/h8-9,12,18H,3-7H2,1-2H3. The molecule has 1 aromatic rings. The summed E-state index contributed by atoms with van der Waals surface area (Å²) in [6.45, 7) is 3.69. The van der Waals surface area contributed by atoms with Crippen molar-refractivity contribution >= 4 is 27.4 Å². The highest BCUT2D eigenvalue weighted by atomic mass is 79.9. The molecule has 0 saturated carbocycles. The zero-order valence-corrected chi connectivity index (χ0v) is 14.3. The number of aliphatic hydroxyl groups excluding tert-OH is 1. The molecule has 7 heteroatoms. The first-order valence-electron chi connectivity index (χ1n) is 7.05. The average Bonchev–Trinajstić information content (AvgIpc) is 2.43. The quantitative estimate of drug-likeness (QED) is 0.406. The zero-order valence-electron chi connectivity index (χ0n) is 12.7. The first-order chi connectivity index (χ1) is 10.4. The maximum atomic E-state index is 11.4. The van der Waals surface area contributed by atoms with Crippen LogP contribution >= 0.6 is 15.9 Å². The molecule has 0 spiro atoms. The van der Waals surface area contributed by atoms with Crippen molar-refractivity contribution in [2.75, 3.05) is 13.2 Å². The molecule has 22 heavy (non-hydrogen) atoms. The van der Waals surface area contributed by atoms with E-state index in [4.69, 9.17) is 9.84 Å². The Bertz CT molecular complexity index is 547. The van der Waals surface area contributed by atoms with Gasteiger partial charge in [-0.15, -0.1) is 0 Å². The smallest absolute Gasteiger partial charge is 0.287 e. The van der Waals surface area contributed by atoms with Crippen molar-refractivity contribution in [1.29, 1.82) is 0 Å². The molecule has 0 aliphatic heterocycles. The summed E-state index contributed by atoms with van der Waals surface area (Å²) >= 11 is 3.16. The van der Waals surface area contributed by atoms with E-state index in [0.29, 0.717) is 36.1 Å². The summed E-state index contributed by atoms with van der Waals surface area (Å²) in [7, 11) is 0. The monoisotopic (exact) mass is 373 g/mol. The molecule has 0 fully saturated rings. The summed E-state index contributed by atoms with van der Waals surface area (Å²) in [5, 5.41) is 19.8. The second-order valence-corrected chi connectivity index (χ2v) is 5.99. The van der Waals surface area contributed by atoms with Gasteiger partial charge in [0.1, 0.15) is 11.5 Å². The summed E-state index contributed by atoms with van der Waals surface area (Å²) in [6.07, 6.45) is 1.74. The highest BCUT2D eigenvalue weighted by Crippen LogP contribution is 2.32. The van der Waals surface area contributed by atoms with E-state index in [1.807, 2.05) is 6.92 Å². The van der Waals surface area contributed by atoms with Crippen molar-refractivity contribution in [3.63, 3.8) is 0 Å². The van der Waals surface area contributed by atoms with Crippen LogP contribution in [0.25, 0.3) is 0 Å². The largest absolute Gasteiger partial charge is 0.493 e. The van der Waals surface area contributed by atoms with E-state index in [0.717, 1.165) is 5.56 Å². The highest BCUT2D eigenvalue weighted by molar-refractivity contribution is 9.10. The van der Waals surface area contributed by atoms with Gasteiger partial charge in [0.25, 0.3) is 5.69 Å². The van der Waals surface area contributed by atoms with Crippen LogP contribution in [0.15, 0.2) is 16.6 Å². The molecule has 1 rings (SSSR count). The summed E-state index contributed by atoms with van der Waals surface area (Å²) in [5.41, 5.74) is 0.762. The molecule has 1 atom stereocenters. The number of ether oxygens (including phenoxy) is 1. The molecule has 0 aromatic heterocycles. The Hall–Kier alpha value is -1.47. The lowest BCUT2D eigenvalue weighted by atomic mass is 9.96. The van der Waals surface area contributed by atoms with Crippen LogP contribution in [0.5, 0.6) is 5.75 Å². The Morgan fingerprint density at radius 3 is 2.68 bits per heavy atom. The summed E-state index contributed by atoms with van der Waals surface area (Å²) < 4.78 is 6.01. The number of nitro groups is 1. The van der Waals surface area contributed by atoms with E-state index in [9.17, 15) is 14.9 Å². The number of halogens is 1. The van der Waals surface area contributed by atoms with Gasteiger partial charge in [-0.05, 0) is 60.7 Å². The number of hydrogen-bond donors (Lipinski definition) is 1. The van der Waals surface area contributed by atoms with Crippen molar-refractivity contribution < 1.29 is 19.6 Å². The fraction of sp³-hybridized carbons (Fsp3) is 0.533. The zero-order chi connectivity index (χ0) is 16.7. The van der Waals surface area contributed by atoms with Crippen molar-refractivity contribution in [1.82, 2.24) is 0 Å². The molecule has 0 radical (unpaired) electrons. The van der Waals surface area contributed by atoms with Crippen LogP contribution in [0, 0.1) is 23.0 Å². The predicted octanol–water partition coefficient (Wildman–Crippen LogP) is 3.41. The lowest BCUT2D eigenvalue weighted by Gasteiger charge is -2.13. The number of nitrogens with zero attached hydrogens (tertiary/aromatic N) is 1. The van der Waals surface area contributed by atoms with Crippen LogP contribution in [-0.2, 0) is 4.79 Å². The minimum atomic E-state index is -0.469. The van der Waals surface area contributed by atoms with E-state index in [1.54, 1.807) is 6.07 Å². The van der Waals surface area contributed by atoms with Gasteiger partial charge >= 0.3 is 0 Å². The Labute approximate surface area is 137 Å². The molecule has 0 saturated heterocycles. The van der Waals surface area contributed by atoms with Crippen LogP contribution in [0.3, 0.4) is 0 Å². The van der Waals surface area contributed by atoms with Crippen molar-refractivity contribution in [3.05, 3.63) is 32.3 Å². The van der Waals surface area contributed by atoms with Crippen LogP contribution in [0.4, 0.5) is 5.69 Å². The van der Waals surface area contributed by atoms with Gasteiger partial charge in [0.2, 0.25) is 0 Å². The maximum absolute atomic E-state index is 11.4. The number of carbonyl (C=O) groups is 1. The first-order valence-corrected chi connectivity index (χ1v) is 7.84. The van der Waals surface area contributed by atoms with Gasteiger partial charge in [0.15, 0.2) is 0 Å². The number of aryl methyl sites for hydroxylation is 1. The molecule has 122 valence electrons. The summed E-state index contributed by atoms with van der Waals surface area (Å²) in [4.78, 5) is 21.8. The SMILES string of the molecule is CC(=O)C(CCO)CCCOc1cc([N+](=O)[O-])c(Br)cc1C. The number of carbonyl (C=O) groups excluding carboxylic acids is 1. The van der Waals surface area contributed by atoms with Crippen LogP contribution < -0.4 is 4.74 Å². The topological polar surface area (TPSA) is 89.7 Å². The Morgan fingerprint density at radius 1 is 1.45 bits per heavy atom. The van der Waals surface area contributed by atoms with Gasteiger partial charge in [-0.25, -0.2) is 0 Å². The van der Waals surface area contributed by atoms with Crippen molar-refractivity contribution in [2.24, 2.45) is 5.92 Å². The third-order valence-electron chi connectivity index (χ3n) is 3.45. The molecule has 0 amide bonds. The summed E-state index contributed by atoms with van der Waals surface area (Å²) in [5.74, 6) is 0.370. The molecule has 0 heterocycles. The lowest BCUT2D eigenvalue weighted by molar-refractivity contribution is -0.385. The van der Waals surface area contributed by atoms with Crippen LogP contribution in [0.1, 0.15) is 31.7 Å². The number of nitro benzene ring substituents is 1. The molecule has 1 N–H and O–H groups in total. The number of hydrogen-bond acceptors (Lipinski definition) is 5. The van der Waals surface area contributed by atoms with E-state index in [1.165, 1.54) is 13.0 Å². The lowest BCUT2D eigenvalue weighted by Crippen LogP contribution is -2.14. The molecule has 0 aliphatic carbocycles. The molecular formula is C15H20BrNO5. The number of Topliss-reactive ketones (excluding diaryl/α,β-unsaturated/α-hetero) is 1. The summed E-state index contributed by atoms with van der Waals surface area (Å²) in [6, 6.07) is 3.05. The molecular weight excluding hydrogens is 354 g/mol. The van der Waals surface area contributed by atoms with Gasteiger partial charge in [0.05, 0.1) is 22.1 Å². The van der Waals surface area contributed by atoms with Crippen molar-refractivity contribution in [2.45, 2.75) is 33.1 Å². The Kier molecular flexibility index (Phi) is 7.47. The van der Waals surface area contributed by atoms with Crippen LogP contribution in [0.2, 0.25) is 0 Å². The third kappa shape index (κ3) is 5.38. The fourth-order valence-electron chi connectivity index (χ4n) is 2.16. The molecule has 1 aromatic carbocycles. The average molecular weight is 374 g/mol. The van der Waals surface area contributed by atoms with E-state index < -0.39 is 4.92 Å². The Balaban J connectivity index is 2.60. The number of rotatable bonds is 9.